The van der Waals surface area contributed by atoms with Gasteiger partial charge < -0.3 is 15.9 Å². The van der Waals surface area contributed by atoms with Crippen LogP contribution in [-0.4, -0.2) is 22.2 Å². The number of fused-ring (bicyclic) bond motifs is 2. The molecule has 4 rings (SSSR count). The van der Waals surface area contributed by atoms with Gasteiger partial charge in [0.1, 0.15) is 11.5 Å². The molecule has 4 aromatic carbocycles. The van der Waals surface area contributed by atoms with E-state index in [1.54, 1.807) is 42.5 Å². The molecule has 4 N–H and O–H groups in total. The van der Waals surface area contributed by atoms with Crippen LogP contribution in [0.5, 0.6) is 11.5 Å². The molecular weight excluding hydrogens is 366 g/mol. The van der Waals surface area contributed by atoms with Crippen LogP contribution in [0.4, 0.5) is 5.69 Å². The zero-order valence-electron chi connectivity index (χ0n) is 15.5. The fourth-order valence-electron chi connectivity index (χ4n) is 3.38. The molecule has 0 aliphatic carbocycles. The first-order chi connectivity index (χ1) is 14.1. The summed E-state index contributed by atoms with van der Waals surface area (Å²) in [6, 6.07) is 20.6. The summed E-state index contributed by atoms with van der Waals surface area (Å²) in [4.78, 5) is 12.3. The van der Waals surface area contributed by atoms with Crippen molar-refractivity contribution in [1.82, 2.24) is 0 Å². The third kappa shape index (κ3) is 3.53. The van der Waals surface area contributed by atoms with Crippen molar-refractivity contribution in [2.24, 2.45) is 16.0 Å². The Hall–Kier alpha value is -3.77. The van der Waals surface area contributed by atoms with Crippen LogP contribution in [0.15, 0.2) is 83.0 Å². The number of rotatable bonds is 4. The van der Waals surface area contributed by atoms with Gasteiger partial charge in [-0.15, -0.1) is 10.2 Å². The van der Waals surface area contributed by atoms with Crippen LogP contribution in [0.3, 0.4) is 0 Å². The second-order valence-corrected chi connectivity index (χ2v) is 6.78. The number of phenolic OH excluding ortho intramolecular Hbond substituents is 2. The fraction of sp³-hybridized carbons (Fsp3) is 0.0870. The summed E-state index contributed by atoms with van der Waals surface area (Å²) < 4.78 is 0. The Bertz CT molecular complexity index is 1240. The van der Waals surface area contributed by atoms with Gasteiger partial charge >= 0.3 is 0 Å². The molecule has 6 heteroatoms. The molecule has 0 bridgehead atoms. The lowest BCUT2D eigenvalue weighted by molar-refractivity contribution is -0.119. The smallest absolute Gasteiger partial charge is 0.281 e. The van der Waals surface area contributed by atoms with Crippen LogP contribution in [-0.2, 0) is 11.2 Å². The molecule has 0 spiro atoms. The predicted molar refractivity (Wildman–Crippen MR) is 112 cm³/mol. The first-order valence-corrected chi connectivity index (χ1v) is 9.16. The van der Waals surface area contributed by atoms with Crippen LogP contribution in [0.25, 0.3) is 21.5 Å². The summed E-state index contributed by atoms with van der Waals surface area (Å²) in [6.07, 6.45) is 0.352. The van der Waals surface area contributed by atoms with E-state index in [0.29, 0.717) is 28.0 Å². The van der Waals surface area contributed by atoms with Gasteiger partial charge in [0.05, 0.1) is 17.1 Å². The molecule has 0 saturated carbocycles. The first-order valence-electron chi connectivity index (χ1n) is 9.16. The third-order valence-corrected chi connectivity index (χ3v) is 4.84. The van der Waals surface area contributed by atoms with Gasteiger partial charge in [-0.05, 0) is 18.1 Å². The average molecular weight is 385 g/mol. The Morgan fingerprint density at radius 3 is 2.17 bits per heavy atom. The largest absolute Gasteiger partial charge is 0.507 e. The molecule has 1 atom stereocenters. The minimum Gasteiger partial charge on any atom is -0.507 e. The quantitative estimate of drug-likeness (QED) is 0.271. The number of azo groups is 1. The van der Waals surface area contributed by atoms with Crippen molar-refractivity contribution in [2.75, 3.05) is 0 Å². The Labute approximate surface area is 166 Å². The Balaban J connectivity index is 1.70. The number of phenols is 2. The lowest BCUT2D eigenvalue weighted by atomic mass is 9.99. The van der Waals surface area contributed by atoms with Gasteiger partial charge in [-0.25, -0.2) is 0 Å². The normalized spacial score (nSPS) is 12.6. The number of carbonyl (C=O) groups excluding carboxylic acids is 1. The number of benzene rings is 4. The van der Waals surface area contributed by atoms with Crippen molar-refractivity contribution in [3.63, 3.8) is 0 Å². The van der Waals surface area contributed by atoms with Gasteiger partial charge in [-0.2, -0.15) is 0 Å². The van der Waals surface area contributed by atoms with E-state index in [4.69, 9.17) is 5.73 Å². The van der Waals surface area contributed by atoms with Crippen LogP contribution >= 0.6 is 0 Å². The summed E-state index contributed by atoms with van der Waals surface area (Å²) in [5.74, 6) is -0.545. The Morgan fingerprint density at radius 1 is 0.828 bits per heavy atom. The number of amides is 1. The van der Waals surface area contributed by atoms with Crippen molar-refractivity contribution < 1.29 is 15.0 Å². The molecule has 29 heavy (non-hydrogen) atoms. The van der Waals surface area contributed by atoms with Gasteiger partial charge in [0, 0.05) is 16.2 Å². The second kappa shape index (κ2) is 7.69. The van der Waals surface area contributed by atoms with E-state index in [1.165, 1.54) is 0 Å². The lowest BCUT2D eigenvalue weighted by Crippen LogP contribution is -2.31. The van der Waals surface area contributed by atoms with E-state index >= 15 is 0 Å². The molecule has 0 radical (unpaired) electrons. The number of hydrogen-bond donors (Lipinski definition) is 3. The standard InChI is InChI=1S/C23H19N3O3/c24-18(13-14-7-2-1-3-8-14)23(29)26-25-19-12-6-11-17-20(19)22(28)16-10-5-4-9-15(16)21(17)27/h1-12,18,27-28H,13,24H2/t18-/m0/s1. The number of carbonyl (C=O) groups is 1. The predicted octanol–water partition coefficient (Wildman–Crippen LogP) is 4.58. The maximum Gasteiger partial charge on any atom is 0.281 e. The van der Waals surface area contributed by atoms with Crippen LogP contribution in [0, 0.1) is 0 Å². The van der Waals surface area contributed by atoms with E-state index in [0.717, 1.165) is 5.56 Å². The lowest BCUT2D eigenvalue weighted by Gasteiger charge is -2.11. The third-order valence-electron chi connectivity index (χ3n) is 4.84. The highest BCUT2D eigenvalue weighted by Gasteiger charge is 2.17. The van der Waals surface area contributed by atoms with Crippen LogP contribution < -0.4 is 5.73 Å². The maximum atomic E-state index is 12.3. The Morgan fingerprint density at radius 2 is 1.45 bits per heavy atom. The molecule has 4 aromatic rings. The second-order valence-electron chi connectivity index (χ2n) is 6.78. The molecule has 0 aliphatic rings. The van der Waals surface area contributed by atoms with E-state index in [-0.39, 0.29) is 17.2 Å². The fourth-order valence-corrected chi connectivity index (χ4v) is 3.38. The zero-order valence-corrected chi connectivity index (χ0v) is 15.5. The van der Waals surface area contributed by atoms with Crippen molar-refractivity contribution in [3.05, 3.63) is 78.4 Å². The van der Waals surface area contributed by atoms with Crippen LogP contribution in [0.1, 0.15) is 5.56 Å². The average Bonchev–Trinajstić information content (AvgIpc) is 2.76. The summed E-state index contributed by atoms with van der Waals surface area (Å²) in [5.41, 5.74) is 7.17. The summed E-state index contributed by atoms with van der Waals surface area (Å²) >= 11 is 0. The molecule has 144 valence electrons. The maximum absolute atomic E-state index is 12.3. The number of nitrogens with zero attached hydrogens (tertiary/aromatic N) is 2. The SMILES string of the molecule is N[C@@H](Cc1ccccc1)C(=O)N=Nc1cccc2c(O)c3ccccc3c(O)c12. The molecule has 0 aromatic heterocycles. The molecule has 1 amide bonds. The zero-order chi connectivity index (χ0) is 20.4. The van der Waals surface area contributed by atoms with Gasteiger partial charge in [0.25, 0.3) is 5.91 Å². The van der Waals surface area contributed by atoms with Crippen LogP contribution in [0.2, 0.25) is 0 Å². The number of hydrogen-bond acceptors (Lipinski definition) is 5. The van der Waals surface area contributed by atoms with Gasteiger partial charge in [-0.3, -0.25) is 4.79 Å². The molecule has 0 heterocycles. The van der Waals surface area contributed by atoms with E-state index in [2.05, 4.69) is 10.2 Å². The minimum atomic E-state index is -0.820. The minimum absolute atomic E-state index is 0.0241. The Kier molecular flexibility index (Phi) is 4.93. The van der Waals surface area contributed by atoms with Gasteiger partial charge in [0.2, 0.25) is 0 Å². The van der Waals surface area contributed by atoms with Gasteiger partial charge in [0.15, 0.2) is 0 Å². The molecule has 6 nitrogen and oxygen atoms in total. The topological polar surface area (TPSA) is 108 Å². The first kappa shape index (κ1) is 18.6. The van der Waals surface area contributed by atoms with Crippen molar-refractivity contribution >= 4 is 33.1 Å². The van der Waals surface area contributed by atoms with Crippen molar-refractivity contribution in [2.45, 2.75) is 12.5 Å². The van der Waals surface area contributed by atoms with E-state index < -0.39 is 11.9 Å². The highest BCUT2D eigenvalue weighted by molar-refractivity contribution is 6.14. The van der Waals surface area contributed by atoms with E-state index in [1.807, 2.05) is 30.3 Å². The molecule has 0 fully saturated rings. The molecule has 0 saturated heterocycles. The number of aromatic hydroxyl groups is 2. The van der Waals surface area contributed by atoms with Crippen molar-refractivity contribution in [1.29, 1.82) is 0 Å². The highest BCUT2D eigenvalue weighted by atomic mass is 16.3. The summed E-state index contributed by atoms with van der Waals surface area (Å²) in [7, 11) is 0. The monoisotopic (exact) mass is 385 g/mol. The van der Waals surface area contributed by atoms with Gasteiger partial charge in [-0.1, -0.05) is 66.7 Å². The summed E-state index contributed by atoms with van der Waals surface area (Å²) in [5, 5.41) is 31.0. The molecule has 0 aliphatic heterocycles. The highest BCUT2D eigenvalue weighted by Crippen LogP contribution is 2.45. The van der Waals surface area contributed by atoms with E-state index in [9.17, 15) is 15.0 Å². The summed E-state index contributed by atoms with van der Waals surface area (Å²) in [6.45, 7) is 0. The van der Waals surface area contributed by atoms with Crippen molar-refractivity contribution in [3.8, 4) is 11.5 Å². The number of nitrogens with two attached hydrogens (primary N) is 1. The molecular formula is C23H19N3O3. The molecule has 0 unspecified atom stereocenters.